The van der Waals surface area contributed by atoms with Crippen LogP contribution in [0.3, 0.4) is 0 Å². The van der Waals surface area contributed by atoms with Crippen molar-refractivity contribution in [2.75, 3.05) is 5.32 Å². The Balaban J connectivity index is 1.81. The first-order chi connectivity index (χ1) is 10.5. The van der Waals surface area contributed by atoms with Crippen molar-refractivity contribution < 1.29 is 9.32 Å². The van der Waals surface area contributed by atoms with Crippen molar-refractivity contribution in [1.29, 1.82) is 0 Å². The third-order valence-electron chi connectivity index (χ3n) is 3.60. The van der Waals surface area contributed by atoms with Gasteiger partial charge >= 0.3 is 0 Å². The van der Waals surface area contributed by atoms with Crippen LogP contribution in [0.25, 0.3) is 11.0 Å². The molecule has 0 radical (unpaired) electrons. The highest BCUT2D eigenvalue weighted by atomic mass is 35.5. The Hall–Kier alpha value is -2.33. The smallest absolute Gasteiger partial charge is 0.230 e. The summed E-state index contributed by atoms with van der Waals surface area (Å²) in [7, 11) is 0. The Kier molecular flexibility index (Phi) is 3.86. The number of anilines is 1. The van der Waals surface area contributed by atoms with Gasteiger partial charge in [0.05, 0.1) is 6.42 Å². The second-order valence-corrected chi connectivity index (χ2v) is 5.73. The second kappa shape index (κ2) is 5.81. The van der Waals surface area contributed by atoms with Gasteiger partial charge in [-0.25, -0.2) is 0 Å². The summed E-state index contributed by atoms with van der Waals surface area (Å²) in [6, 6.07) is 11.0. The number of carbonyl (C=O) groups excluding carboxylic acids is 1. The fourth-order valence-corrected chi connectivity index (χ4v) is 2.49. The number of carbonyl (C=O) groups is 1. The summed E-state index contributed by atoms with van der Waals surface area (Å²) in [5.74, 6) is -0.157. The summed E-state index contributed by atoms with van der Waals surface area (Å²) in [4.78, 5) is 12.2. The van der Waals surface area contributed by atoms with Crippen molar-refractivity contribution in [2.24, 2.45) is 0 Å². The van der Waals surface area contributed by atoms with E-state index >= 15 is 0 Å². The van der Waals surface area contributed by atoms with Gasteiger partial charge in [0.2, 0.25) is 5.91 Å². The molecule has 0 fully saturated rings. The zero-order chi connectivity index (χ0) is 15.7. The topological polar surface area (TPSA) is 55.1 Å². The lowest BCUT2D eigenvalue weighted by atomic mass is 10.1. The molecular formula is C17H15ClN2O2. The van der Waals surface area contributed by atoms with E-state index in [1.807, 2.05) is 26.0 Å². The Bertz CT molecular complexity index is 855. The molecule has 5 heteroatoms. The van der Waals surface area contributed by atoms with Crippen molar-refractivity contribution in [2.45, 2.75) is 20.3 Å². The van der Waals surface area contributed by atoms with E-state index in [0.717, 1.165) is 16.5 Å². The molecule has 0 bridgehead atoms. The van der Waals surface area contributed by atoms with Gasteiger partial charge in [-0.3, -0.25) is 4.79 Å². The lowest BCUT2D eigenvalue weighted by Gasteiger charge is -2.04. The average Bonchev–Trinajstić information content (AvgIpc) is 2.81. The first-order valence-electron chi connectivity index (χ1n) is 6.94. The zero-order valence-corrected chi connectivity index (χ0v) is 13.1. The summed E-state index contributed by atoms with van der Waals surface area (Å²) in [6.07, 6.45) is 0.155. The molecule has 3 aromatic rings. The summed E-state index contributed by atoms with van der Waals surface area (Å²) >= 11 is 5.90. The van der Waals surface area contributed by atoms with Gasteiger partial charge in [-0.05, 0) is 55.3 Å². The van der Waals surface area contributed by atoms with Crippen molar-refractivity contribution in [3.8, 4) is 0 Å². The molecule has 1 N–H and O–H groups in total. The minimum absolute atomic E-state index is 0.155. The number of halogens is 1. The normalized spacial score (nSPS) is 10.9. The van der Waals surface area contributed by atoms with Crippen LogP contribution in [0.5, 0.6) is 0 Å². The number of nitrogens with zero attached hydrogens (tertiary/aromatic N) is 1. The number of fused-ring (bicyclic) bond motifs is 1. The molecule has 2 aromatic carbocycles. The molecule has 4 nitrogen and oxygen atoms in total. The largest absolute Gasteiger partial charge is 0.356 e. The minimum Gasteiger partial charge on any atom is -0.356 e. The van der Waals surface area contributed by atoms with Crippen LogP contribution in [0.4, 0.5) is 5.69 Å². The number of hydrogen-bond donors (Lipinski definition) is 1. The molecule has 112 valence electrons. The highest BCUT2D eigenvalue weighted by molar-refractivity contribution is 6.30. The van der Waals surface area contributed by atoms with E-state index in [4.69, 9.17) is 16.1 Å². The number of amides is 1. The molecule has 1 heterocycles. The molecule has 0 saturated heterocycles. The maximum absolute atomic E-state index is 12.2. The number of nitrogens with one attached hydrogen (secondary N) is 1. The predicted molar refractivity (Wildman–Crippen MR) is 87.3 cm³/mol. The number of rotatable bonds is 3. The summed E-state index contributed by atoms with van der Waals surface area (Å²) in [5.41, 5.74) is 4.29. The maximum atomic E-state index is 12.2. The second-order valence-electron chi connectivity index (χ2n) is 5.30. The average molecular weight is 315 g/mol. The van der Waals surface area contributed by atoms with Crippen molar-refractivity contribution in [1.82, 2.24) is 5.16 Å². The van der Waals surface area contributed by atoms with E-state index < -0.39 is 0 Å². The van der Waals surface area contributed by atoms with Gasteiger partial charge in [0.15, 0.2) is 5.58 Å². The van der Waals surface area contributed by atoms with Crippen LogP contribution >= 0.6 is 11.6 Å². The van der Waals surface area contributed by atoms with E-state index in [0.29, 0.717) is 22.0 Å². The van der Waals surface area contributed by atoms with Gasteiger partial charge < -0.3 is 9.84 Å². The molecule has 0 aliphatic heterocycles. The summed E-state index contributed by atoms with van der Waals surface area (Å²) in [6.45, 7) is 4.04. The lowest BCUT2D eigenvalue weighted by Crippen LogP contribution is -2.14. The van der Waals surface area contributed by atoms with Gasteiger partial charge in [-0.15, -0.1) is 0 Å². The Morgan fingerprint density at radius 2 is 2.00 bits per heavy atom. The van der Waals surface area contributed by atoms with Gasteiger partial charge in [-0.1, -0.05) is 22.8 Å². The molecular weight excluding hydrogens is 300 g/mol. The fourth-order valence-electron chi connectivity index (χ4n) is 2.30. The predicted octanol–water partition coefficient (Wildman–Crippen LogP) is 4.28. The van der Waals surface area contributed by atoms with Crippen LogP contribution in [0.15, 0.2) is 40.9 Å². The van der Waals surface area contributed by atoms with Crippen LogP contribution in [0.1, 0.15) is 16.8 Å². The van der Waals surface area contributed by atoms with Gasteiger partial charge in [0.1, 0.15) is 5.69 Å². The molecule has 3 rings (SSSR count). The highest BCUT2D eigenvalue weighted by Gasteiger charge is 2.13. The number of aromatic nitrogens is 1. The molecule has 0 aliphatic carbocycles. The molecule has 1 amide bonds. The Morgan fingerprint density at radius 1 is 1.23 bits per heavy atom. The summed E-state index contributed by atoms with van der Waals surface area (Å²) < 4.78 is 5.30. The fraction of sp³-hybridized carbons (Fsp3) is 0.176. The van der Waals surface area contributed by atoms with Crippen molar-refractivity contribution in [3.05, 3.63) is 58.2 Å². The monoisotopic (exact) mass is 314 g/mol. The molecule has 22 heavy (non-hydrogen) atoms. The van der Waals surface area contributed by atoms with Gasteiger partial charge in [0, 0.05) is 16.1 Å². The number of hydrogen-bond acceptors (Lipinski definition) is 3. The molecule has 0 aliphatic rings. The lowest BCUT2D eigenvalue weighted by molar-refractivity contribution is -0.115. The van der Waals surface area contributed by atoms with E-state index in [9.17, 15) is 4.79 Å². The first kappa shape index (κ1) is 14.6. The number of aryl methyl sites for hydroxylation is 2. The SMILES string of the molecule is Cc1cc2onc(CC(=O)Nc3cccc(Cl)c3)c2cc1C. The van der Waals surface area contributed by atoms with Gasteiger partial charge in [0.25, 0.3) is 0 Å². The first-order valence-corrected chi connectivity index (χ1v) is 7.31. The van der Waals surface area contributed by atoms with Crippen LogP contribution < -0.4 is 5.32 Å². The highest BCUT2D eigenvalue weighted by Crippen LogP contribution is 2.23. The van der Waals surface area contributed by atoms with E-state index in [2.05, 4.69) is 10.5 Å². The quantitative estimate of drug-likeness (QED) is 0.785. The van der Waals surface area contributed by atoms with Crippen molar-refractivity contribution >= 4 is 34.2 Å². The standard InChI is InChI=1S/C17H15ClN2O2/c1-10-6-14-15(20-22-16(14)7-11(10)2)9-17(21)19-13-5-3-4-12(18)8-13/h3-8H,9H2,1-2H3,(H,19,21). The molecule has 0 unspecified atom stereocenters. The van der Waals surface area contributed by atoms with E-state index in [1.54, 1.807) is 24.3 Å². The van der Waals surface area contributed by atoms with E-state index in [-0.39, 0.29) is 12.3 Å². The Labute approximate surface area is 133 Å². The molecule has 0 spiro atoms. The molecule has 1 aromatic heterocycles. The van der Waals surface area contributed by atoms with Crippen molar-refractivity contribution in [3.63, 3.8) is 0 Å². The Morgan fingerprint density at radius 3 is 2.77 bits per heavy atom. The maximum Gasteiger partial charge on any atom is 0.230 e. The third kappa shape index (κ3) is 2.97. The van der Waals surface area contributed by atoms with E-state index in [1.165, 1.54) is 0 Å². The number of benzene rings is 2. The van der Waals surface area contributed by atoms with Crippen LogP contribution in [0.2, 0.25) is 5.02 Å². The zero-order valence-electron chi connectivity index (χ0n) is 12.3. The molecule has 0 saturated carbocycles. The summed E-state index contributed by atoms with van der Waals surface area (Å²) in [5, 5.41) is 8.28. The van der Waals surface area contributed by atoms with Crippen LogP contribution in [-0.2, 0) is 11.2 Å². The third-order valence-corrected chi connectivity index (χ3v) is 3.83. The van der Waals surface area contributed by atoms with Crippen LogP contribution in [-0.4, -0.2) is 11.1 Å². The van der Waals surface area contributed by atoms with Gasteiger partial charge in [-0.2, -0.15) is 0 Å². The van der Waals surface area contributed by atoms with Crippen LogP contribution in [0, 0.1) is 13.8 Å². The molecule has 0 atom stereocenters. The minimum atomic E-state index is -0.157.